The molecule has 3 rings (SSSR count). The molecule has 0 unspecified atom stereocenters. The molecule has 1 saturated heterocycles. The number of nitrogens with zero attached hydrogens (tertiary/aromatic N) is 2. The van der Waals surface area contributed by atoms with E-state index in [2.05, 4.69) is 20.5 Å². The van der Waals surface area contributed by atoms with Crippen LogP contribution in [0.2, 0.25) is 0 Å². The molecule has 2 atom stereocenters. The number of rotatable bonds is 5. The molecule has 0 spiro atoms. The maximum atomic E-state index is 13.6. The number of H-pyrrole nitrogens is 1. The highest BCUT2D eigenvalue weighted by molar-refractivity contribution is 5.76. The highest BCUT2D eigenvalue weighted by Crippen LogP contribution is 2.26. The fourth-order valence-corrected chi connectivity index (χ4v) is 2.63. The molecule has 2 N–H and O–H groups in total. The Morgan fingerprint density at radius 2 is 2.30 bits per heavy atom. The zero-order valence-corrected chi connectivity index (χ0v) is 12.3. The summed E-state index contributed by atoms with van der Waals surface area (Å²) in [5.74, 6) is -1.49. The van der Waals surface area contributed by atoms with E-state index in [0.29, 0.717) is 18.9 Å². The third-order valence-electron chi connectivity index (χ3n) is 3.79. The molecular formula is C15H16F2N4O2. The van der Waals surface area contributed by atoms with Gasteiger partial charge in [0.15, 0.2) is 17.5 Å². The van der Waals surface area contributed by atoms with Gasteiger partial charge >= 0.3 is 0 Å². The quantitative estimate of drug-likeness (QED) is 0.877. The summed E-state index contributed by atoms with van der Waals surface area (Å²) in [6, 6.07) is 3.74. The fourth-order valence-electron chi connectivity index (χ4n) is 2.63. The number of carbonyl (C=O) groups is 1. The number of ether oxygens (including phenoxy) is 1. The largest absolute Gasteiger partial charge is 0.368 e. The van der Waals surface area contributed by atoms with Gasteiger partial charge in [0, 0.05) is 13.0 Å². The molecule has 0 saturated carbocycles. The second-order valence-corrected chi connectivity index (χ2v) is 5.34. The van der Waals surface area contributed by atoms with Crippen LogP contribution in [0.25, 0.3) is 0 Å². The van der Waals surface area contributed by atoms with Crippen molar-refractivity contribution in [1.29, 1.82) is 0 Å². The predicted molar refractivity (Wildman–Crippen MR) is 76.3 cm³/mol. The Kier molecular flexibility index (Phi) is 4.61. The highest BCUT2D eigenvalue weighted by Gasteiger charge is 2.32. The van der Waals surface area contributed by atoms with Crippen LogP contribution in [0.3, 0.4) is 0 Å². The second kappa shape index (κ2) is 6.82. The Morgan fingerprint density at radius 3 is 3.09 bits per heavy atom. The standard InChI is InChI=1S/C15H16F2N4O2/c16-10-3-1-2-9(13(10)17)4-5-12(22)20-11-6-7-23-14(11)15-18-8-19-21-15/h1-3,8,11,14H,4-7H2,(H,20,22)(H,18,19,21)/t11-,14+/m0/s1. The molecule has 122 valence electrons. The summed E-state index contributed by atoms with van der Waals surface area (Å²) in [6.07, 6.45) is 1.87. The first kappa shape index (κ1) is 15.5. The average molecular weight is 322 g/mol. The van der Waals surface area contributed by atoms with Gasteiger partial charge in [0.2, 0.25) is 5.91 Å². The van der Waals surface area contributed by atoms with Crippen LogP contribution < -0.4 is 5.32 Å². The zero-order valence-electron chi connectivity index (χ0n) is 12.3. The lowest BCUT2D eigenvalue weighted by molar-refractivity contribution is -0.122. The van der Waals surface area contributed by atoms with Gasteiger partial charge in [0.1, 0.15) is 12.4 Å². The molecule has 2 aromatic rings. The van der Waals surface area contributed by atoms with E-state index in [4.69, 9.17) is 4.74 Å². The first-order valence-corrected chi connectivity index (χ1v) is 7.34. The van der Waals surface area contributed by atoms with Gasteiger partial charge in [-0.2, -0.15) is 5.10 Å². The lowest BCUT2D eigenvalue weighted by Gasteiger charge is -2.17. The third kappa shape index (κ3) is 3.53. The summed E-state index contributed by atoms with van der Waals surface area (Å²) in [5.41, 5.74) is 0.189. The van der Waals surface area contributed by atoms with Gasteiger partial charge in [-0.1, -0.05) is 12.1 Å². The average Bonchev–Trinajstić information content (AvgIpc) is 3.19. The number of hydrogen-bond acceptors (Lipinski definition) is 4. The van der Waals surface area contributed by atoms with E-state index in [0.717, 1.165) is 6.07 Å². The van der Waals surface area contributed by atoms with Crippen molar-refractivity contribution in [2.75, 3.05) is 6.61 Å². The van der Waals surface area contributed by atoms with Crippen molar-refractivity contribution in [1.82, 2.24) is 20.5 Å². The van der Waals surface area contributed by atoms with Crippen LogP contribution in [0.15, 0.2) is 24.5 Å². The molecule has 8 heteroatoms. The molecule has 2 heterocycles. The van der Waals surface area contributed by atoms with E-state index in [9.17, 15) is 13.6 Å². The van der Waals surface area contributed by atoms with Gasteiger partial charge in [-0.05, 0) is 24.5 Å². The number of benzene rings is 1. The zero-order chi connectivity index (χ0) is 16.2. The van der Waals surface area contributed by atoms with Gasteiger partial charge < -0.3 is 10.1 Å². The summed E-state index contributed by atoms with van der Waals surface area (Å²) in [5, 5.41) is 9.35. The summed E-state index contributed by atoms with van der Waals surface area (Å²) in [7, 11) is 0. The summed E-state index contributed by atoms with van der Waals surface area (Å²) in [4.78, 5) is 16.1. The van der Waals surface area contributed by atoms with Crippen LogP contribution in [0.4, 0.5) is 8.78 Å². The number of carbonyl (C=O) groups excluding carboxylic acids is 1. The molecule has 1 aromatic carbocycles. The molecule has 1 amide bonds. The van der Waals surface area contributed by atoms with Crippen LogP contribution in [0, 0.1) is 11.6 Å². The molecule has 1 aliphatic heterocycles. The Bertz CT molecular complexity index is 678. The Hall–Kier alpha value is -2.35. The molecule has 1 fully saturated rings. The van der Waals surface area contributed by atoms with E-state index in [1.807, 2.05) is 0 Å². The normalized spacial score (nSPS) is 20.6. The summed E-state index contributed by atoms with van der Waals surface area (Å²) >= 11 is 0. The minimum absolute atomic E-state index is 0.0694. The van der Waals surface area contributed by atoms with Crippen LogP contribution in [0.5, 0.6) is 0 Å². The number of nitrogens with one attached hydrogen (secondary N) is 2. The SMILES string of the molecule is O=C(CCc1cccc(F)c1F)N[C@H]1CCO[C@H]1c1ncn[nH]1. The van der Waals surface area contributed by atoms with Gasteiger partial charge in [-0.3, -0.25) is 9.89 Å². The monoisotopic (exact) mass is 322 g/mol. The smallest absolute Gasteiger partial charge is 0.220 e. The third-order valence-corrected chi connectivity index (χ3v) is 3.79. The second-order valence-electron chi connectivity index (χ2n) is 5.34. The lowest BCUT2D eigenvalue weighted by atomic mass is 10.1. The van der Waals surface area contributed by atoms with Gasteiger partial charge in [0.25, 0.3) is 0 Å². The van der Waals surface area contributed by atoms with E-state index in [1.165, 1.54) is 18.5 Å². The van der Waals surface area contributed by atoms with Gasteiger partial charge in [-0.25, -0.2) is 13.8 Å². The Balaban J connectivity index is 1.56. The molecule has 0 aliphatic carbocycles. The topological polar surface area (TPSA) is 79.9 Å². The fraction of sp³-hybridized carbons (Fsp3) is 0.400. The van der Waals surface area contributed by atoms with Gasteiger partial charge in [-0.15, -0.1) is 0 Å². The predicted octanol–water partition coefficient (Wildman–Crippen LogP) is 1.66. The molecule has 6 nitrogen and oxygen atoms in total. The van der Waals surface area contributed by atoms with Crippen molar-refractivity contribution in [3.63, 3.8) is 0 Å². The van der Waals surface area contributed by atoms with Crippen molar-refractivity contribution in [2.24, 2.45) is 0 Å². The van der Waals surface area contributed by atoms with Gasteiger partial charge in [0.05, 0.1) is 6.04 Å². The maximum Gasteiger partial charge on any atom is 0.220 e. The summed E-state index contributed by atoms with van der Waals surface area (Å²) in [6.45, 7) is 0.509. The van der Waals surface area contributed by atoms with E-state index < -0.39 is 11.6 Å². The van der Waals surface area contributed by atoms with Crippen molar-refractivity contribution in [3.05, 3.63) is 47.5 Å². The number of halogens is 2. The number of hydrogen-bond donors (Lipinski definition) is 2. The van der Waals surface area contributed by atoms with Crippen molar-refractivity contribution >= 4 is 5.91 Å². The van der Waals surface area contributed by atoms with E-state index in [-0.39, 0.29) is 36.5 Å². The van der Waals surface area contributed by atoms with Crippen LogP contribution in [-0.4, -0.2) is 33.7 Å². The van der Waals surface area contributed by atoms with Crippen LogP contribution in [0.1, 0.15) is 30.3 Å². The number of aromatic amines is 1. The Labute approximate surface area is 131 Å². The van der Waals surface area contributed by atoms with Crippen molar-refractivity contribution < 1.29 is 18.3 Å². The van der Waals surface area contributed by atoms with E-state index in [1.54, 1.807) is 0 Å². The highest BCUT2D eigenvalue weighted by atomic mass is 19.2. The molecule has 1 aliphatic rings. The van der Waals surface area contributed by atoms with Crippen LogP contribution >= 0.6 is 0 Å². The minimum atomic E-state index is -0.905. The Morgan fingerprint density at radius 1 is 1.43 bits per heavy atom. The first-order chi connectivity index (χ1) is 11.1. The first-order valence-electron chi connectivity index (χ1n) is 7.34. The molecule has 0 radical (unpaired) electrons. The minimum Gasteiger partial charge on any atom is -0.368 e. The lowest BCUT2D eigenvalue weighted by Crippen LogP contribution is -2.37. The summed E-state index contributed by atoms with van der Waals surface area (Å²) < 4.78 is 32.2. The maximum absolute atomic E-state index is 13.6. The van der Waals surface area contributed by atoms with Crippen molar-refractivity contribution in [2.45, 2.75) is 31.4 Å². The number of amides is 1. The number of aryl methyl sites for hydroxylation is 1. The van der Waals surface area contributed by atoms with Crippen LogP contribution in [-0.2, 0) is 16.0 Å². The van der Waals surface area contributed by atoms with Crippen molar-refractivity contribution in [3.8, 4) is 0 Å². The molecule has 1 aromatic heterocycles. The number of aromatic nitrogens is 3. The molecular weight excluding hydrogens is 306 g/mol. The van der Waals surface area contributed by atoms with E-state index >= 15 is 0 Å². The molecule has 23 heavy (non-hydrogen) atoms. The molecule has 0 bridgehead atoms.